The lowest BCUT2D eigenvalue weighted by molar-refractivity contribution is -0.575. The summed E-state index contributed by atoms with van der Waals surface area (Å²) in [5.41, 5.74) is 1.79. The zero-order chi connectivity index (χ0) is 18.5. The molecule has 26 heavy (non-hydrogen) atoms. The smallest absolute Gasteiger partial charge is 0.288 e. The Kier molecular flexibility index (Phi) is 5.89. The molecule has 0 bridgehead atoms. The summed E-state index contributed by atoms with van der Waals surface area (Å²) in [5, 5.41) is 15.2. The molecule has 3 aromatic rings. The average molecular weight is 402 g/mol. The van der Waals surface area contributed by atoms with Gasteiger partial charge in [0.25, 0.3) is 5.70 Å². The number of rotatable bonds is 4. The largest absolute Gasteiger partial charge is 0.502 e. The van der Waals surface area contributed by atoms with Gasteiger partial charge in [0.1, 0.15) is 0 Å². The number of halogens is 2. The van der Waals surface area contributed by atoms with Crippen LogP contribution in [0.1, 0.15) is 5.56 Å². The minimum Gasteiger partial charge on any atom is -0.502 e. The SMILES string of the molecule is OC(=C(C(=S)Nc1cccc(Cl)c1)[n+]1ccccc1)c1ccc(Cl)cc1. The summed E-state index contributed by atoms with van der Waals surface area (Å²) >= 11 is 17.5. The molecule has 6 heteroatoms. The Morgan fingerprint density at radius 1 is 0.885 bits per heavy atom. The highest BCUT2D eigenvalue weighted by Crippen LogP contribution is 2.21. The van der Waals surface area contributed by atoms with Crippen molar-refractivity contribution in [2.24, 2.45) is 0 Å². The van der Waals surface area contributed by atoms with E-state index in [1.54, 1.807) is 41.0 Å². The highest BCUT2D eigenvalue weighted by Gasteiger charge is 2.23. The quantitative estimate of drug-likeness (QED) is 0.258. The van der Waals surface area contributed by atoms with Crippen LogP contribution in [0.4, 0.5) is 5.69 Å². The van der Waals surface area contributed by atoms with Crippen molar-refractivity contribution in [1.82, 2.24) is 0 Å². The van der Waals surface area contributed by atoms with Gasteiger partial charge in [-0.3, -0.25) is 0 Å². The van der Waals surface area contributed by atoms with Crippen LogP contribution in [0.3, 0.4) is 0 Å². The lowest BCUT2D eigenvalue weighted by atomic mass is 10.1. The number of aliphatic hydroxyl groups excluding tert-OH is 1. The molecule has 0 spiro atoms. The van der Waals surface area contributed by atoms with E-state index in [9.17, 15) is 5.11 Å². The molecule has 1 heterocycles. The summed E-state index contributed by atoms with van der Waals surface area (Å²) in [7, 11) is 0. The third kappa shape index (κ3) is 4.41. The summed E-state index contributed by atoms with van der Waals surface area (Å²) in [5.74, 6) is 0.0393. The lowest BCUT2D eigenvalue weighted by Crippen LogP contribution is -2.38. The molecule has 2 aromatic carbocycles. The van der Waals surface area contributed by atoms with Gasteiger partial charge in [-0.1, -0.05) is 47.6 Å². The Hall–Kier alpha value is -2.40. The molecule has 0 amide bonds. The van der Waals surface area contributed by atoms with Crippen LogP contribution in [0.15, 0.2) is 79.1 Å². The first-order chi connectivity index (χ1) is 12.5. The zero-order valence-corrected chi connectivity index (χ0v) is 15.9. The van der Waals surface area contributed by atoms with Crippen LogP contribution >= 0.6 is 35.4 Å². The number of anilines is 1. The molecule has 130 valence electrons. The number of hydrogen-bond donors (Lipinski definition) is 2. The minimum atomic E-state index is 0.0393. The van der Waals surface area contributed by atoms with Crippen molar-refractivity contribution in [1.29, 1.82) is 0 Å². The van der Waals surface area contributed by atoms with Crippen molar-refractivity contribution in [3.63, 3.8) is 0 Å². The van der Waals surface area contributed by atoms with E-state index in [1.165, 1.54) is 0 Å². The van der Waals surface area contributed by atoms with E-state index in [2.05, 4.69) is 5.32 Å². The molecule has 0 saturated heterocycles. The van der Waals surface area contributed by atoms with Gasteiger partial charge in [-0.05, 0) is 42.5 Å². The van der Waals surface area contributed by atoms with Crippen LogP contribution in [0.5, 0.6) is 0 Å². The Labute approximate surface area is 167 Å². The summed E-state index contributed by atoms with van der Waals surface area (Å²) in [6.07, 6.45) is 3.63. The van der Waals surface area contributed by atoms with Crippen molar-refractivity contribution in [3.8, 4) is 0 Å². The maximum absolute atomic E-state index is 10.9. The van der Waals surface area contributed by atoms with E-state index in [4.69, 9.17) is 35.4 Å². The molecule has 0 fully saturated rings. The molecular formula is C20H15Cl2N2OS+. The number of pyridine rings is 1. The number of hydrogen-bond acceptors (Lipinski definition) is 2. The van der Waals surface area contributed by atoms with E-state index in [0.29, 0.717) is 26.3 Å². The third-order valence-electron chi connectivity index (χ3n) is 3.61. The molecule has 0 saturated carbocycles. The normalized spacial score (nSPS) is 11.6. The van der Waals surface area contributed by atoms with Gasteiger partial charge in [0.15, 0.2) is 23.1 Å². The molecule has 0 aliphatic rings. The van der Waals surface area contributed by atoms with Crippen LogP contribution < -0.4 is 9.88 Å². The van der Waals surface area contributed by atoms with Crippen molar-refractivity contribution in [3.05, 3.63) is 94.7 Å². The Balaban J connectivity index is 2.05. The summed E-state index contributed by atoms with van der Waals surface area (Å²) in [6, 6.07) is 19.7. The summed E-state index contributed by atoms with van der Waals surface area (Å²) in [6.45, 7) is 0. The van der Waals surface area contributed by atoms with Gasteiger partial charge >= 0.3 is 0 Å². The molecule has 2 N–H and O–H groups in total. The molecule has 0 aliphatic heterocycles. The number of nitrogens with one attached hydrogen (secondary N) is 1. The van der Waals surface area contributed by atoms with Crippen LogP contribution in [0.2, 0.25) is 10.0 Å². The molecule has 3 rings (SSSR count). The van der Waals surface area contributed by atoms with Crippen molar-refractivity contribution >= 4 is 57.6 Å². The fraction of sp³-hybridized carbons (Fsp3) is 0. The molecule has 0 atom stereocenters. The van der Waals surface area contributed by atoms with Crippen molar-refractivity contribution < 1.29 is 9.67 Å². The predicted octanol–water partition coefficient (Wildman–Crippen LogP) is 5.60. The number of thiocarbonyl (C=S) groups is 1. The van der Waals surface area contributed by atoms with E-state index in [-0.39, 0.29) is 5.76 Å². The van der Waals surface area contributed by atoms with Crippen LogP contribution in [0, 0.1) is 0 Å². The fourth-order valence-corrected chi connectivity index (χ4v) is 3.03. The first-order valence-corrected chi connectivity index (χ1v) is 8.94. The van der Waals surface area contributed by atoms with Gasteiger partial charge < -0.3 is 10.4 Å². The zero-order valence-electron chi connectivity index (χ0n) is 13.6. The Morgan fingerprint density at radius 3 is 2.23 bits per heavy atom. The molecule has 0 aliphatic carbocycles. The van der Waals surface area contributed by atoms with E-state index in [1.807, 2.05) is 42.7 Å². The van der Waals surface area contributed by atoms with Crippen molar-refractivity contribution in [2.45, 2.75) is 0 Å². The Bertz CT molecular complexity index is 957. The van der Waals surface area contributed by atoms with Gasteiger partial charge in [0.05, 0.1) is 0 Å². The second kappa shape index (κ2) is 8.32. The number of aromatic nitrogens is 1. The van der Waals surface area contributed by atoms with Gasteiger partial charge in [-0.15, -0.1) is 0 Å². The highest BCUT2D eigenvalue weighted by atomic mass is 35.5. The number of benzene rings is 2. The third-order valence-corrected chi connectivity index (χ3v) is 4.40. The lowest BCUT2D eigenvalue weighted by Gasteiger charge is -2.10. The van der Waals surface area contributed by atoms with Crippen LogP contribution in [-0.4, -0.2) is 10.1 Å². The second-order valence-corrected chi connectivity index (χ2v) is 6.73. The Morgan fingerprint density at radius 2 is 1.58 bits per heavy atom. The van der Waals surface area contributed by atoms with E-state index < -0.39 is 0 Å². The minimum absolute atomic E-state index is 0.0393. The molecule has 0 unspecified atom stereocenters. The molecule has 1 aromatic heterocycles. The number of aliphatic hydroxyl groups is 1. The molecule has 0 radical (unpaired) electrons. The summed E-state index contributed by atoms with van der Waals surface area (Å²) in [4.78, 5) is 0.357. The molecular weight excluding hydrogens is 387 g/mol. The van der Waals surface area contributed by atoms with Gasteiger partial charge in [0, 0.05) is 33.4 Å². The van der Waals surface area contributed by atoms with Gasteiger partial charge in [-0.25, -0.2) is 0 Å². The van der Waals surface area contributed by atoms with Gasteiger partial charge in [0.2, 0.25) is 0 Å². The first kappa shape index (κ1) is 18.4. The standard InChI is InChI=1S/C20H14Cl2N2OS/c21-15-9-7-14(8-10-15)19(25)18(24-11-2-1-3-12-24)20(26)23-17-6-4-5-16(22)13-17/h1-13H,(H-,23,25,26)/p+1. The number of nitrogens with zero attached hydrogens (tertiary/aromatic N) is 1. The van der Waals surface area contributed by atoms with Crippen molar-refractivity contribution in [2.75, 3.05) is 5.32 Å². The maximum atomic E-state index is 10.9. The second-order valence-electron chi connectivity index (χ2n) is 5.45. The maximum Gasteiger partial charge on any atom is 0.288 e. The average Bonchev–Trinajstić information content (AvgIpc) is 2.63. The highest BCUT2D eigenvalue weighted by molar-refractivity contribution is 7.81. The summed E-state index contributed by atoms with van der Waals surface area (Å²) < 4.78 is 1.75. The van der Waals surface area contributed by atoms with E-state index in [0.717, 1.165) is 5.69 Å². The monoisotopic (exact) mass is 401 g/mol. The van der Waals surface area contributed by atoms with Gasteiger partial charge in [-0.2, -0.15) is 4.57 Å². The van der Waals surface area contributed by atoms with Crippen LogP contribution in [0.25, 0.3) is 11.5 Å². The topological polar surface area (TPSA) is 36.1 Å². The predicted molar refractivity (Wildman–Crippen MR) is 112 cm³/mol. The fourth-order valence-electron chi connectivity index (χ4n) is 2.40. The first-order valence-electron chi connectivity index (χ1n) is 7.77. The van der Waals surface area contributed by atoms with E-state index >= 15 is 0 Å². The molecule has 3 nitrogen and oxygen atoms in total. The van der Waals surface area contributed by atoms with Crippen LogP contribution in [-0.2, 0) is 0 Å².